The van der Waals surface area contributed by atoms with Crippen molar-refractivity contribution in [3.63, 3.8) is 0 Å². The standard InChI is InChI=1S/C20H14ClFN4O2/c21-14-8-13(2-3-15(14)22)16-10-25-20-19(23-5-6-26(16)20)24-9-12-1-4-17-18(7-12)28-11-27-17/h1-8,10H,9,11H2,(H,23,24). The van der Waals surface area contributed by atoms with Gasteiger partial charge in [-0.05, 0) is 35.9 Å². The lowest BCUT2D eigenvalue weighted by atomic mass is 10.1. The van der Waals surface area contributed by atoms with Crippen molar-refractivity contribution >= 4 is 23.1 Å². The molecule has 1 aliphatic heterocycles. The molecule has 3 heterocycles. The van der Waals surface area contributed by atoms with Crippen LogP contribution in [0.15, 0.2) is 55.0 Å². The van der Waals surface area contributed by atoms with Crippen LogP contribution in [-0.2, 0) is 6.54 Å². The van der Waals surface area contributed by atoms with Crippen molar-refractivity contribution < 1.29 is 13.9 Å². The molecule has 0 saturated carbocycles. The van der Waals surface area contributed by atoms with E-state index in [4.69, 9.17) is 21.1 Å². The van der Waals surface area contributed by atoms with E-state index in [0.29, 0.717) is 18.0 Å². The Morgan fingerprint density at radius 3 is 2.89 bits per heavy atom. The van der Waals surface area contributed by atoms with Gasteiger partial charge in [-0.2, -0.15) is 0 Å². The second kappa shape index (κ2) is 6.69. The van der Waals surface area contributed by atoms with Crippen LogP contribution in [0.4, 0.5) is 10.2 Å². The number of ether oxygens (including phenoxy) is 2. The average Bonchev–Trinajstić information content (AvgIpc) is 3.35. The van der Waals surface area contributed by atoms with Gasteiger partial charge in [-0.25, -0.2) is 14.4 Å². The third-order valence-electron chi connectivity index (χ3n) is 4.54. The van der Waals surface area contributed by atoms with Crippen LogP contribution in [0.25, 0.3) is 16.9 Å². The Balaban J connectivity index is 1.44. The summed E-state index contributed by atoms with van der Waals surface area (Å²) >= 11 is 5.92. The van der Waals surface area contributed by atoms with Crippen molar-refractivity contribution in [3.05, 3.63) is 71.4 Å². The molecule has 140 valence electrons. The number of hydrogen-bond donors (Lipinski definition) is 1. The van der Waals surface area contributed by atoms with E-state index >= 15 is 0 Å². The largest absolute Gasteiger partial charge is 0.454 e. The summed E-state index contributed by atoms with van der Waals surface area (Å²) in [6, 6.07) is 10.4. The number of imidazole rings is 1. The average molecular weight is 397 g/mol. The molecule has 2 aromatic carbocycles. The Morgan fingerprint density at radius 2 is 2.00 bits per heavy atom. The van der Waals surface area contributed by atoms with E-state index in [1.165, 1.54) is 6.07 Å². The highest BCUT2D eigenvalue weighted by Crippen LogP contribution is 2.33. The Kier molecular flexibility index (Phi) is 4.02. The van der Waals surface area contributed by atoms with Crippen LogP contribution in [-0.4, -0.2) is 21.2 Å². The number of rotatable bonds is 4. The molecule has 0 atom stereocenters. The predicted octanol–water partition coefficient (Wildman–Crippen LogP) is 4.53. The van der Waals surface area contributed by atoms with E-state index < -0.39 is 5.82 Å². The normalized spacial score (nSPS) is 12.5. The minimum atomic E-state index is -0.452. The first-order valence-corrected chi connectivity index (χ1v) is 8.97. The van der Waals surface area contributed by atoms with Crippen LogP contribution in [0.1, 0.15) is 5.56 Å². The number of anilines is 1. The van der Waals surface area contributed by atoms with E-state index in [1.54, 1.807) is 30.7 Å². The van der Waals surface area contributed by atoms with Crippen molar-refractivity contribution in [2.75, 3.05) is 12.1 Å². The topological polar surface area (TPSA) is 60.7 Å². The van der Waals surface area contributed by atoms with Crippen LogP contribution in [0, 0.1) is 5.82 Å². The lowest BCUT2D eigenvalue weighted by Crippen LogP contribution is -2.04. The van der Waals surface area contributed by atoms with Crippen LogP contribution in [0.3, 0.4) is 0 Å². The molecule has 1 N–H and O–H groups in total. The molecule has 0 amide bonds. The zero-order valence-electron chi connectivity index (χ0n) is 14.5. The summed E-state index contributed by atoms with van der Waals surface area (Å²) in [5.41, 5.74) is 3.26. The SMILES string of the molecule is Fc1ccc(-c2cnc3c(NCc4ccc5c(c4)OCO5)nccn23)cc1Cl. The van der Waals surface area contributed by atoms with Gasteiger partial charge in [0.25, 0.3) is 0 Å². The van der Waals surface area contributed by atoms with Crippen molar-refractivity contribution in [3.8, 4) is 22.8 Å². The maximum absolute atomic E-state index is 13.5. The van der Waals surface area contributed by atoms with E-state index in [-0.39, 0.29) is 11.8 Å². The van der Waals surface area contributed by atoms with Crippen LogP contribution in [0.2, 0.25) is 5.02 Å². The van der Waals surface area contributed by atoms with Gasteiger partial charge in [0.15, 0.2) is 23.0 Å². The zero-order valence-corrected chi connectivity index (χ0v) is 15.3. The highest BCUT2D eigenvalue weighted by molar-refractivity contribution is 6.31. The Morgan fingerprint density at radius 1 is 1.11 bits per heavy atom. The Labute approximate surface area is 164 Å². The number of benzene rings is 2. The Hall–Kier alpha value is -3.32. The molecule has 1 aliphatic rings. The van der Waals surface area contributed by atoms with Gasteiger partial charge >= 0.3 is 0 Å². The van der Waals surface area contributed by atoms with Crippen molar-refractivity contribution in [1.82, 2.24) is 14.4 Å². The number of nitrogens with zero attached hydrogens (tertiary/aromatic N) is 3. The van der Waals surface area contributed by atoms with E-state index in [1.807, 2.05) is 22.6 Å². The third-order valence-corrected chi connectivity index (χ3v) is 4.83. The lowest BCUT2D eigenvalue weighted by Gasteiger charge is -2.09. The molecular formula is C20H14ClFN4O2. The van der Waals surface area contributed by atoms with Gasteiger partial charge in [0.05, 0.1) is 16.9 Å². The Bertz CT molecular complexity index is 1190. The number of nitrogens with one attached hydrogen (secondary N) is 1. The second-order valence-corrected chi connectivity index (χ2v) is 6.69. The van der Waals surface area contributed by atoms with E-state index in [2.05, 4.69) is 15.3 Å². The molecular weight excluding hydrogens is 383 g/mol. The first-order valence-electron chi connectivity index (χ1n) is 8.59. The molecule has 6 nitrogen and oxygen atoms in total. The summed E-state index contributed by atoms with van der Waals surface area (Å²) in [7, 11) is 0. The maximum Gasteiger partial charge on any atom is 0.231 e. The fourth-order valence-corrected chi connectivity index (χ4v) is 3.33. The monoisotopic (exact) mass is 396 g/mol. The van der Waals surface area contributed by atoms with Crippen LogP contribution in [0.5, 0.6) is 11.5 Å². The van der Waals surface area contributed by atoms with Gasteiger partial charge < -0.3 is 14.8 Å². The van der Waals surface area contributed by atoms with Gasteiger partial charge in [-0.1, -0.05) is 17.7 Å². The molecule has 4 aromatic rings. The smallest absolute Gasteiger partial charge is 0.231 e. The molecule has 0 aliphatic carbocycles. The molecule has 0 radical (unpaired) electrons. The predicted molar refractivity (Wildman–Crippen MR) is 103 cm³/mol. The van der Waals surface area contributed by atoms with Gasteiger partial charge in [-0.3, -0.25) is 4.40 Å². The second-order valence-electron chi connectivity index (χ2n) is 6.28. The highest BCUT2D eigenvalue weighted by atomic mass is 35.5. The zero-order chi connectivity index (χ0) is 19.1. The minimum absolute atomic E-state index is 0.0719. The summed E-state index contributed by atoms with van der Waals surface area (Å²) in [4.78, 5) is 8.87. The van der Waals surface area contributed by atoms with Crippen molar-refractivity contribution in [2.24, 2.45) is 0 Å². The summed E-state index contributed by atoms with van der Waals surface area (Å²) < 4.78 is 26.1. The highest BCUT2D eigenvalue weighted by Gasteiger charge is 2.14. The van der Waals surface area contributed by atoms with E-state index in [9.17, 15) is 4.39 Å². The first-order chi connectivity index (χ1) is 13.7. The molecule has 0 unspecified atom stereocenters. The number of halogens is 2. The van der Waals surface area contributed by atoms with Gasteiger partial charge in [-0.15, -0.1) is 0 Å². The van der Waals surface area contributed by atoms with Gasteiger partial charge in [0, 0.05) is 24.5 Å². The molecule has 0 spiro atoms. The fourth-order valence-electron chi connectivity index (χ4n) is 3.15. The molecule has 0 fully saturated rings. The minimum Gasteiger partial charge on any atom is -0.454 e. The third kappa shape index (κ3) is 2.90. The molecule has 0 saturated heterocycles. The number of hydrogen-bond acceptors (Lipinski definition) is 5. The number of aromatic nitrogens is 3. The number of fused-ring (bicyclic) bond motifs is 2. The summed E-state index contributed by atoms with van der Waals surface area (Å²) in [5.74, 6) is 1.67. The van der Waals surface area contributed by atoms with Crippen LogP contribution < -0.4 is 14.8 Å². The van der Waals surface area contributed by atoms with Crippen molar-refractivity contribution in [2.45, 2.75) is 6.54 Å². The molecule has 0 bridgehead atoms. The molecule has 5 rings (SSSR count). The quantitative estimate of drug-likeness (QED) is 0.549. The van der Waals surface area contributed by atoms with E-state index in [0.717, 1.165) is 28.3 Å². The molecule has 8 heteroatoms. The summed E-state index contributed by atoms with van der Waals surface area (Å²) in [5, 5.41) is 3.38. The molecule has 28 heavy (non-hydrogen) atoms. The van der Waals surface area contributed by atoms with Gasteiger partial charge in [0.2, 0.25) is 6.79 Å². The van der Waals surface area contributed by atoms with Gasteiger partial charge in [0.1, 0.15) is 5.82 Å². The lowest BCUT2D eigenvalue weighted by molar-refractivity contribution is 0.174. The van der Waals surface area contributed by atoms with Crippen molar-refractivity contribution in [1.29, 1.82) is 0 Å². The summed E-state index contributed by atoms with van der Waals surface area (Å²) in [6.45, 7) is 0.797. The summed E-state index contributed by atoms with van der Waals surface area (Å²) in [6.07, 6.45) is 5.21. The maximum atomic E-state index is 13.5. The van der Waals surface area contributed by atoms with Crippen LogP contribution >= 0.6 is 11.6 Å². The fraction of sp³-hybridized carbons (Fsp3) is 0.100. The molecule has 2 aromatic heterocycles. The first kappa shape index (κ1) is 16.8.